The zero-order valence-electron chi connectivity index (χ0n) is 16.8. The summed E-state index contributed by atoms with van der Waals surface area (Å²) in [7, 11) is 3.53. The number of rotatable bonds is 6. The van der Waals surface area contributed by atoms with Crippen LogP contribution in [-0.2, 0) is 19.8 Å². The quantitative estimate of drug-likeness (QED) is 0.387. The molecule has 10 heteroatoms. The molecule has 0 saturated carbocycles. The summed E-state index contributed by atoms with van der Waals surface area (Å²) in [6.07, 6.45) is -4.42. The highest BCUT2D eigenvalue weighted by Crippen LogP contribution is 2.29. The molecule has 1 heterocycles. The molecule has 1 aromatic carbocycles. The number of hydrogen-bond acceptors (Lipinski definition) is 3. The normalized spacial score (nSPS) is 12.0. The summed E-state index contributed by atoms with van der Waals surface area (Å²) >= 11 is 0. The van der Waals surface area contributed by atoms with Gasteiger partial charge in [-0.3, -0.25) is 14.5 Å². The van der Waals surface area contributed by atoms with Crippen molar-refractivity contribution < 1.29 is 18.0 Å². The van der Waals surface area contributed by atoms with Crippen molar-refractivity contribution in [3.8, 4) is 0 Å². The van der Waals surface area contributed by atoms with Crippen LogP contribution in [-0.4, -0.2) is 41.8 Å². The van der Waals surface area contributed by atoms with Gasteiger partial charge in [0.25, 0.3) is 5.91 Å². The summed E-state index contributed by atoms with van der Waals surface area (Å²) in [6.45, 7) is 5.17. The van der Waals surface area contributed by atoms with Gasteiger partial charge in [0, 0.05) is 50.6 Å². The van der Waals surface area contributed by atoms with Crippen molar-refractivity contribution in [3.63, 3.8) is 0 Å². The largest absolute Gasteiger partial charge is 0.416 e. The number of aliphatic imine (C=N–C) groups is 1. The molecule has 0 saturated heterocycles. The van der Waals surface area contributed by atoms with E-state index >= 15 is 0 Å². The van der Waals surface area contributed by atoms with Crippen LogP contribution in [0.15, 0.2) is 29.3 Å². The average molecular weight is 410 g/mol. The molecule has 0 unspecified atom stereocenters. The lowest BCUT2D eigenvalue weighted by atomic mass is 10.1. The second-order valence-corrected chi connectivity index (χ2v) is 6.46. The molecule has 0 spiro atoms. The van der Waals surface area contributed by atoms with Gasteiger partial charge in [0.05, 0.1) is 11.3 Å². The lowest BCUT2D eigenvalue weighted by Gasteiger charge is -2.13. The van der Waals surface area contributed by atoms with Gasteiger partial charge in [-0.15, -0.1) is 0 Å². The fourth-order valence-corrected chi connectivity index (χ4v) is 2.74. The van der Waals surface area contributed by atoms with Crippen LogP contribution < -0.4 is 16.0 Å². The van der Waals surface area contributed by atoms with Crippen LogP contribution in [0.2, 0.25) is 0 Å². The van der Waals surface area contributed by atoms with Crippen LogP contribution >= 0.6 is 0 Å². The summed E-state index contributed by atoms with van der Waals surface area (Å²) in [4.78, 5) is 16.2. The van der Waals surface area contributed by atoms with Crippen LogP contribution in [0.25, 0.3) is 0 Å². The first-order chi connectivity index (χ1) is 13.6. The predicted molar refractivity (Wildman–Crippen MR) is 105 cm³/mol. The zero-order valence-corrected chi connectivity index (χ0v) is 16.8. The highest BCUT2D eigenvalue weighted by molar-refractivity contribution is 5.94. The van der Waals surface area contributed by atoms with Gasteiger partial charge in [-0.05, 0) is 38.1 Å². The monoisotopic (exact) mass is 410 g/mol. The third kappa shape index (κ3) is 5.97. The molecular formula is C19H25F3N6O. The molecule has 158 valence electrons. The van der Waals surface area contributed by atoms with Gasteiger partial charge >= 0.3 is 6.18 Å². The molecule has 0 aliphatic carbocycles. The number of carbonyl (C=O) groups excluding carboxylic acids is 1. The number of hydrogen-bond donors (Lipinski definition) is 3. The number of guanidine groups is 1. The smallest absolute Gasteiger partial charge is 0.355 e. The Balaban J connectivity index is 1.77. The Morgan fingerprint density at radius 1 is 1.10 bits per heavy atom. The molecule has 0 fully saturated rings. The van der Waals surface area contributed by atoms with Crippen LogP contribution in [0.1, 0.15) is 32.9 Å². The van der Waals surface area contributed by atoms with Gasteiger partial charge in [-0.2, -0.15) is 18.3 Å². The first-order valence-electron chi connectivity index (χ1n) is 9.02. The second-order valence-electron chi connectivity index (χ2n) is 6.46. The van der Waals surface area contributed by atoms with Crippen molar-refractivity contribution >= 4 is 11.9 Å². The minimum atomic E-state index is -4.42. The van der Waals surface area contributed by atoms with Crippen LogP contribution in [0.4, 0.5) is 13.2 Å². The summed E-state index contributed by atoms with van der Waals surface area (Å²) in [5, 5.41) is 13.3. The number of alkyl halides is 3. The van der Waals surface area contributed by atoms with Crippen LogP contribution in [0.5, 0.6) is 0 Å². The van der Waals surface area contributed by atoms with E-state index in [1.54, 1.807) is 7.05 Å². The Morgan fingerprint density at radius 3 is 2.24 bits per heavy atom. The Bertz CT molecular complexity index is 871. The van der Waals surface area contributed by atoms with Gasteiger partial charge in [0.15, 0.2) is 5.96 Å². The molecule has 2 rings (SSSR count). The van der Waals surface area contributed by atoms with Gasteiger partial charge in [0.2, 0.25) is 0 Å². The molecule has 1 amide bonds. The fourth-order valence-electron chi connectivity index (χ4n) is 2.74. The second kappa shape index (κ2) is 9.44. The van der Waals surface area contributed by atoms with E-state index in [9.17, 15) is 18.0 Å². The van der Waals surface area contributed by atoms with E-state index < -0.39 is 17.6 Å². The van der Waals surface area contributed by atoms with Crippen molar-refractivity contribution in [2.45, 2.75) is 26.6 Å². The first kappa shape index (κ1) is 22.3. The highest BCUT2D eigenvalue weighted by Gasteiger charge is 2.30. The molecule has 0 radical (unpaired) electrons. The SMILES string of the molecule is CN=C(NCCNC(=O)c1ccc(C(F)(F)F)cc1)NCc1c(C)nn(C)c1C. The van der Waals surface area contributed by atoms with Crippen LogP contribution in [0.3, 0.4) is 0 Å². The summed E-state index contributed by atoms with van der Waals surface area (Å²) < 4.78 is 39.5. The molecule has 2 aromatic rings. The Hall–Kier alpha value is -3.04. The maximum atomic E-state index is 12.6. The summed E-state index contributed by atoms with van der Waals surface area (Å²) in [5.74, 6) is 0.126. The summed E-state index contributed by atoms with van der Waals surface area (Å²) in [6, 6.07) is 4.10. The topological polar surface area (TPSA) is 83.3 Å². The number of nitrogens with zero attached hydrogens (tertiary/aromatic N) is 3. The van der Waals surface area contributed by atoms with E-state index in [-0.39, 0.29) is 12.1 Å². The van der Waals surface area contributed by atoms with Crippen molar-refractivity contribution in [2.75, 3.05) is 20.1 Å². The fraction of sp³-hybridized carbons (Fsp3) is 0.421. The molecule has 29 heavy (non-hydrogen) atoms. The number of carbonyl (C=O) groups is 1. The minimum Gasteiger partial charge on any atom is -0.355 e. The van der Waals surface area contributed by atoms with E-state index in [0.717, 1.165) is 41.2 Å². The van der Waals surface area contributed by atoms with Gasteiger partial charge in [-0.1, -0.05) is 0 Å². The summed E-state index contributed by atoms with van der Waals surface area (Å²) in [5.41, 5.74) is 2.48. The standard InChI is InChI=1S/C19H25F3N6O/c1-12-16(13(2)28(4)27-12)11-26-18(23-3)25-10-9-24-17(29)14-5-7-15(8-6-14)19(20,21)22/h5-8H,9-11H2,1-4H3,(H,24,29)(H2,23,25,26). The van der Waals surface area contributed by atoms with Gasteiger partial charge < -0.3 is 16.0 Å². The molecule has 0 aliphatic heterocycles. The maximum absolute atomic E-state index is 12.6. The number of benzene rings is 1. The number of halogens is 3. The van der Waals surface area contributed by atoms with Crippen molar-refractivity contribution in [2.24, 2.45) is 12.0 Å². The van der Waals surface area contributed by atoms with E-state index in [1.165, 1.54) is 0 Å². The number of aryl methyl sites for hydroxylation is 2. The van der Waals surface area contributed by atoms with E-state index in [0.29, 0.717) is 19.0 Å². The Morgan fingerprint density at radius 2 is 1.72 bits per heavy atom. The third-order valence-corrected chi connectivity index (χ3v) is 4.49. The predicted octanol–water partition coefficient (Wildman–Crippen LogP) is 2.15. The average Bonchev–Trinajstić information content (AvgIpc) is 2.92. The first-order valence-corrected chi connectivity index (χ1v) is 9.02. The molecule has 1 aromatic heterocycles. The third-order valence-electron chi connectivity index (χ3n) is 4.49. The molecule has 3 N–H and O–H groups in total. The molecule has 0 bridgehead atoms. The Labute approximate surface area is 167 Å². The molecule has 7 nitrogen and oxygen atoms in total. The van der Waals surface area contributed by atoms with Gasteiger partial charge in [-0.25, -0.2) is 0 Å². The minimum absolute atomic E-state index is 0.169. The van der Waals surface area contributed by atoms with Crippen LogP contribution in [0, 0.1) is 13.8 Å². The number of aromatic nitrogens is 2. The van der Waals surface area contributed by atoms with Crippen molar-refractivity contribution in [3.05, 3.63) is 52.3 Å². The van der Waals surface area contributed by atoms with E-state index in [4.69, 9.17) is 0 Å². The molecular weight excluding hydrogens is 385 g/mol. The number of amides is 1. The lowest BCUT2D eigenvalue weighted by molar-refractivity contribution is -0.137. The Kier molecular flexibility index (Phi) is 7.24. The maximum Gasteiger partial charge on any atom is 0.416 e. The molecule has 0 aliphatic rings. The van der Waals surface area contributed by atoms with Gasteiger partial charge in [0.1, 0.15) is 0 Å². The lowest BCUT2D eigenvalue weighted by Crippen LogP contribution is -2.41. The zero-order chi connectivity index (χ0) is 21.6. The van der Waals surface area contributed by atoms with Crippen molar-refractivity contribution in [1.29, 1.82) is 0 Å². The highest BCUT2D eigenvalue weighted by atomic mass is 19.4. The van der Waals surface area contributed by atoms with E-state index in [2.05, 4.69) is 26.0 Å². The number of nitrogens with one attached hydrogen (secondary N) is 3. The van der Waals surface area contributed by atoms with E-state index in [1.807, 2.05) is 25.6 Å². The molecule has 0 atom stereocenters. The van der Waals surface area contributed by atoms with Crippen molar-refractivity contribution in [1.82, 2.24) is 25.7 Å².